The molecule has 1 atom stereocenters. The van der Waals surface area contributed by atoms with E-state index in [1.165, 1.54) is 23.5 Å². The van der Waals surface area contributed by atoms with Gasteiger partial charge in [0.25, 0.3) is 0 Å². The van der Waals surface area contributed by atoms with Gasteiger partial charge in [0.2, 0.25) is 5.91 Å². The molecule has 2 aromatic carbocycles. The Morgan fingerprint density at radius 3 is 2.44 bits per heavy atom. The van der Waals surface area contributed by atoms with Crippen molar-refractivity contribution in [2.24, 2.45) is 5.73 Å². The summed E-state index contributed by atoms with van der Waals surface area (Å²) in [5.74, 6) is 0.660. The number of alkyl halides is 3. The Balaban J connectivity index is 2.03. The van der Waals surface area contributed by atoms with Crippen molar-refractivity contribution < 1.29 is 22.8 Å². The van der Waals surface area contributed by atoms with Crippen LogP contribution in [0, 0.1) is 12.0 Å². The highest BCUT2D eigenvalue weighted by atomic mass is 32.1. The van der Waals surface area contributed by atoms with Crippen molar-refractivity contribution in [1.29, 1.82) is 0 Å². The fraction of sp³-hybridized carbons (Fsp3) is 0.130. The van der Waals surface area contributed by atoms with Gasteiger partial charge < -0.3 is 11.1 Å². The number of halogens is 3. The largest absolute Gasteiger partial charge is 0.416 e. The number of carbonyl (C=O) groups excluding carboxylic acids is 2. The van der Waals surface area contributed by atoms with E-state index >= 15 is 0 Å². The van der Waals surface area contributed by atoms with Gasteiger partial charge in [0.15, 0.2) is 6.04 Å². The van der Waals surface area contributed by atoms with Gasteiger partial charge >= 0.3 is 12.1 Å². The molecule has 32 heavy (non-hydrogen) atoms. The number of benzene rings is 2. The molecular weight excluding hydrogens is 439 g/mol. The van der Waals surface area contributed by atoms with E-state index in [0.29, 0.717) is 4.88 Å². The molecule has 0 saturated heterocycles. The molecule has 164 valence electrons. The summed E-state index contributed by atoms with van der Waals surface area (Å²) in [6.07, 6.45) is -4.63. The minimum Gasteiger partial charge on any atom is -0.359 e. The number of nitrogens with one attached hydrogen (secondary N) is 1. The topological polar surface area (TPSA) is 75.4 Å². The molecule has 0 saturated carbocycles. The molecule has 0 radical (unpaired) electrons. The summed E-state index contributed by atoms with van der Waals surface area (Å²) in [6.45, 7) is 0.175. The van der Waals surface area contributed by atoms with Crippen LogP contribution in [0.3, 0.4) is 0 Å². The van der Waals surface area contributed by atoms with Gasteiger partial charge in [-0.05, 0) is 35.2 Å². The molecule has 0 aliphatic carbocycles. The maximum atomic E-state index is 13.3. The normalized spacial score (nSPS) is 11.7. The zero-order valence-corrected chi connectivity index (χ0v) is 17.4. The monoisotopic (exact) mass is 457 g/mol. The third kappa shape index (κ3) is 5.47. The number of thiophene rings is 1. The molecule has 3 rings (SSSR count). The quantitative estimate of drug-likeness (QED) is 0.433. The van der Waals surface area contributed by atoms with E-state index < -0.39 is 29.6 Å². The van der Waals surface area contributed by atoms with E-state index in [1.54, 1.807) is 17.5 Å². The lowest BCUT2D eigenvalue weighted by Gasteiger charge is -2.29. The average Bonchev–Trinajstić information content (AvgIpc) is 3.30. The van der Waals surface area contributed by atoms with Crippen LogP contribution in [0.2, 0.25) is 0 Å². The Bertz CT molecular complexity index is 1140. The summed E-state index contributed by atoms with van der Waals surface area (Å²) in [5.41, 5.74) is 4.93. The van der Waals surface area contributed by atoms with Gasteiger partial charge in [-0.25, -0.2) is 0 Å². The number of amides is 2. The van der Waals surface area contributed by atoms with Gasteiger partial charge in [0.1, 0.15) is 0 Å². The second-order valence-corrected chi connectivity index (χ2v) is 7.59. The Morgan fingerprint density at radius 2 is 1.81 bits per heavy atom. The van der Waals surface area contributed by atoms with Crippen LogP contribution >= 0.6 is 11.3 Å². The fourth-order valence-electron chi connectivity index (χ4n) is 3.04. The number of nitrogens with zero attached hydrogens (tertiary/aromatic N) is 1. The molecule has 5 nitrogen and oxygen atoms in total. The number of hydrogen-bond acceptors (Lipinski definition) is 4. The highest BCUT2D eigenvalue weighted by Crippen LogP contribution is 2.35. The Kier molecular flexibility index (Phi) is 7.18. The Morgan fingerprint density at radius 1 is 1.06 bits per heavy atom. The van der Waals surface area contributed by atoms with Crippen molar-refractivity contribution in [1.82, 2.24) is 5.32 Å². The van der Waals surface area contributed by atoms with E-state index in [-0.39, 0.29) is 12.2 Å². The lowest BCUT2D eigenvalue weighted by atomic mass is 10.1. The molecule has 0 spiro atoms. The molecule has 0 aliphatic heterocycles. The van der Waals surface area contributed by atoms with Crippen LogP contribution in [0.4, 0.5) is 18.9 Å². The van der Waals surface area contributed by atoms with Gasteiger partial charge in [-0.3, -0.25) is 14.5 Å². The second kappa shape index (κ2) is 10.0. The number of hydrogen-bond donors (Lipinski definition) is 2. The van der Waals surface area contributed by atoms with E-state index in [2.05, 4.69) is 11.2 Å². The second-order valence-electron chi connectivity index (χ2n) is 6.61. The zero-order chi connectivity index (χ0) is 23.1. The minimum absolute atomic E-state index is 0.124. The standard InChI is InChI=1S/C23H18F3N3O2S/c24-23(25,26)17-8-4-9-18(14-17)29(20(30)11-12-27)21(19-10-5-13-32-19)22(31)28-15-16-6-2-1-3-7-16/h1-10,13-14,21H,15,27H2,(H,28,31). The maximum Gasteiger partial charge on any atom is 0.416 e. The number of nitrogens with two attached hydrogens (primary N) is 1. The maximum absolute atomic E-state index is 13.3. The molecule has 1 heterocycles. The van der Waals surface area contributed by atoms with Crippen LogP contribution in [0.5, 0.6) is 0 Å². The van der Waals surface area contributed by atoms with Gasteiger partial charge in [-0.1, -0.05) is 42.5 Å². The van der Waals surface area contributed by atoms with Crippen LogP contribution in [0.15, 0.2) is 72.1 Å². The van der Waals surface area contributed by atoms with Crippen LogP contribution in [0.25, 0.3) is 0 Å². The van der Waals surface area contributed by atoms with Gasteiger partial charge in [-0.2, -0.15) is 13.2 Å². The molecular formula is C23H18F3N3O2S. The molecule has 9 heteroatoms. The van der Waals surface area contributed by atoms with Gasteiger partial charge in [0, 0.05) is 29.1 Å². The molecule has 1 aromatic heterocycles. The van der Waals surface area contributed by atoms with Crippen molar-refractivity contribution >= 4 is 28.8 Å². The predicted molar refractivity (Wildman–Crippen MR) is 116 cm³/mol. The molecule has 3 aromatic rings. The van der Waals surface area contributed by atoms with Crippen molar-refractivity contribution in [2.45, 2.75) is 18.8 Å². The van der Waals surface area contributed by atoms with Crippen molar-refractivity contribution in [3.8, 4) is 12.0 Å². The fourth-order valence-corrected chi connectivity index (χ4v) is 3.85. The van der Waals surface area contributed by atoms with E-state index in [1.807, 2.05) is 36.4 Å². The third-order valence-electron chi connectivity index (χ3n) is 4.48. The summed E-state index contributed by atoms with van der Waals surface area (Å²) in [7, 11) is 0. The highest BCUT2D eigenvalue weighted by molar-refractivity contribution is 7.10. The summed E-state index contributed by atoms with van der Waals surface area (Å²) in [4.78, 5) is 27.4. The highest BCUT2D eigenvalue weighted by Gasteiger charge is 2.35. The summed E-state index contributed by atoms with van der Waals surface area (Å²) in [6, 6.07) is 17.3. The Labute approximate surface area is 186 Å². The Hall–Kier alpha value is -3.77. The van der Waals surface area contributed by atoms with Crippen LogP contribution in [-0.4, -0.2) is 11.8 Å². The average molecular weight is 457 g/mol. The molecule has 0 bridgehead atoms. The van der Waals surface area contributed by atoms with Gasteiger partial charge in [-0.15, -0.1) is 11.3 Å². The zero-order valence-electron chi connectivity index (χ0n) is 16.6. The van der Waals surface area contributed by atoms with E-state index in [4.69, 9.17) is 5.73 Å². The summed E-state index contributed by atoms with van der Waals surface area (Å²) >= 11 is 1.19. The lowest BCUT2D eigenvalue weighted by Crippen LogP contribution is -2.43. The SMILES string of the molecule is NC#CC(=O)N(c1cccc(C(F)(F)F)c1)C(C(=O)NCc1ccccc1)c1cccs1. The smallest absolute Gasteiger partial charge is 0.359 e. The lowest BCUT2D eigenvalue weighted by molar-refractivity contribution is -0.137. The van der Waals surface area contributed by atoms with Gasteiger partial charge in [0.05, 0.1) is 5.56 Å². The first-order chi connectivity index (χ1) is 15.3. The molecule has 3 N–H and O–H groups in total. The van der Waals surface area contributed by atoms with E-state index in [0.717, 1.165) is 22.6 Å². The number of anilines is 1. The summed E-state index contributed by atoms with van der Waals surface area (Å²) in [5, 5.41) is 4.46. The van der Waals surface area contributed by atoms with E-state index in [9.17, 15) is 22.8 Å². The van der Waals surface area contributed by atoms with Crippen molar-refractivity contribution in [3.05, 3.63) is 88.1 Å². The first-order valence-electron chi connectivity index (χ1n) is 9.38. The van der Waals surface area contributed by atoms with Crippen LogP contribution in [0.1, 0.15) is 22.0 Å². The van der Waals surface area contributed by atoms with Crippen LogP contribution < -0.4 is 16.0 Å². The van der Waals surface area contributed by atoms with Crippen LogP contribution in [-0.2, 0) is 22.3 Å². The summed E-state index contributed by atoms with van der Waals surface area (Å²) < 4.78 is 39.9. The number of carbonyl (C=O) groups is 2. The third-order valence-corrected chi connectivity index (χ3v) is 5.40. The predicted octanol–water partition coefficient (Wildman–Crippen LogP) is 4.08. The first kappa shape index (κ1) is 22.9. The van der Waals surface area contributed by atoms with Crippen molar-refractivity contribution in [2.75, 3.05) is 4.90 Å². The minimum atomic E-state index is -4.63. The molecule has 1 unspecified atom stereocenters. The molecule has 2 amide bonds. The first-order valence-corrected chi connectivity index (χ1v) is 10.3. The van der Waals surface area contributed by atoms with Crippen molar-refractivity contribution in [3.63, 3.8) is 0 Å². The molecule has 0 aliphatic rings. The number of rotatable bonds is 6. The molecule has 0 fully saturated rings.